The van der Waals surface area contributed by atoms with Gasteiger partial charge in [-0.2, -0.15) is 0 Å². The van der Waals surface area contributed by atoms with E-state index in [-0.39, 0.29) is 0 Å². The van der Waals surface area contributed by atoms with Crippen molar-refractivity contribution in [2.24, 2.45) is 0 Å². The highest BCUT2D eigenvalue weighted by Gasteiger charge is 2.23. The Morgan fingerprint density at radius 3 is 1.52 bits per heavy atom. The number of fused-ring (bicyclic) bond motifs is 13. The number of hydrogen-bond donors (Lipinski definition) is 0. The number of benzene rings is 10. The Hall–Kier alpha value is -8.31. The topological polar surface area (TPSA) is 22.8 Å². The molecule has 14 rings (SSSR count). The van der Waals surface area contributed by atoms with Crippen molar-refractivity contribution in [1.82, 2.24) is 14.1 Å². The normalized spacial score (nSPS) is 12.0. The first kappa shape index (κ1) is 36.2. The highest BCUT2D eigenvalue weighted by Crippen LogP contribution is 2.48. The van der Waals surface area contributed by atoms with E-state index in [1.165, 1.54) is 102 Å². The maximum atomic E-state index is 5.40. The molecule has 0 aliphatic heterocycles. The minimum atomic E-state index is 1.00. The van der Waals surface area contributed by atoms with Gasteiger partial charge in [0.15, 0.2) is 0 Å². The molecule has 0 aliphatic rings. The van der Waals surface area contributed by atoms with Crippen LogP contribution in [0.5, 0.6) is 0 Å². The zero-order chi connectivity index (χ0) is 42.6. The van der Waals surface area contributed by atoms with Gasteiger partial charge in [0, 0.05) is 64.4 Å². The largest absolute Gasteiger partial charge is 0.309 e. The lowest BCUT2D eigenvalue weighted by atomic mass is 9.95. The van der Waals surface area contributed by atoms with E-state index >= 15 is 0 Å². The average Bonchev–Trinajstić information content (AvgIpc) is 4.04. The van der Waals surface area contributed by atoms with E-state index in [4.69, 9.17) is 4.98 Å². The highest BCUT2D eigenvalue weighted by molar-refractivity contribution is 7.26. The minimum absolute atomic E-state index is 1.00. The molecule has 302 valence electrons. The Morgan fingerprint density at radius 2 is 0.831 bits per heavy atom. The summed E-state index contributed by atoms with van der Waals surface area (Å²) in [6.45, 7) is 0. The Labute approximate surface area is 378 Å². The molecule has 4 heteroatoms. The molecular weight excluding hydrogens is 807 g/mol. The number of thiophene rings is 1. The Bertz CT molecular complexity index is 4210. The van der Waals surface area contributed by atoms with Crippen LogP contribution < -0.4 is 0 Å². The first-order valence-corrected chi connectivity index (χ1v) is 23.0. The fraction of sp³-hybridized carbons (Fsp3) is 0. The van der Waals surface area contributed by atoms with Gasteiger partial charge in [-0.3, -0.25) is 0 Å². The van der Waals surface area contributed by atoms with Gasteiger partial charge in [0.05, 0.1) is 43.7 Å². The lowest BCUT2D eigenvalue weighted by Gasteiger charge is -2.16. The van der Waals surface area contributed by atoms with Crippen LogP contribution in [-0.4, -0.2) is 14.1 Å². The fourth-order valence-corrected chi connectivity index (χ4v) is 11.8. The van der Waals surface area contributed by atoms with E-state index in [1.54, 1.807) is 0 Å². The lowest BCUT2D eigenvalue weighted by molar-refractivity contribution is 1.18. The van der Waals surface area contributed by atoms with Crippen LogP contribution in [-0.2, 0) is 0 Å². The summed E-state index contributed by atoms with van der Waals surface area (Å²) in [4.78, 5) is 5.40. The molecule has 0 amide bonds. The summed E-state index contributed by atoms with van der Waals surface area (Å²) in [6.07, 6.45) is 0. The van der Waals surface area contributed by atoms with E-state index in [1.807, 2.05) is 11.3 Å². The van der Waals surface area contributed by atoms with Crippen molar-refractivity contribution in [1.29, 1.82) is 0 Å². The van der Waals surface area contributed by atoms with E-state index in [0.29, 0.717) is 0 Å². The number of nitrogens with zero attached hydrogens (tertiary/aromatic N) is 3. The van der Waals surface area contributed by atoms with Crippen molar-refractivity contribution in [3.63, 3.8) is 0 Å². The van der Waals surface area contributed by atoms with Crippen molar-refractivity contribution >= 4 is 96.8 Å². The monoisotopic (exact) mass is 843 g/mol. The minimum Gasteiger partial charge on any atom is -0.309 e. The van der Waals surface area contributed by atoms with Crippen LogP contribution in [0, 0.1) is 0 Å². The number of aromatic nitrogens is 3. The molecule has 0 unspecified atom stereocenters. The molecule has 0 saturated heterocycles. The summed E-state index contributed by atoms with van der Waals surface area (Å²) in [5, 5.41) is 11.1. The van der Waals surface area contributed by atoms with E-state index in [2.05, 4.69) is 234 Å². The van der Waals surface area contributed by atoms with Crippen LogP contribution in [0.3, 0.4) is 0 Å². The van der Waals surface area contributed by atoms with Crippen molar-refractivity contribution < 1.29 is 0 Å². The fourth-order valence-electron chi connectivity index (χ4n) is 10.6. The standard InChI is InChI=1S/C61H37N3S/c1-3-15-38(16-4-1)39-27-31-43(32-28-39)63-52-24-12-8-19-44(52)48-35-41(29-33-54(48)63)42-30-34-55-49(36-42)45-20-9-13-25-53(45)64(55)56-37-50-58(59-47-22-10-14-26-57(47)65-61(56)59)46-21-7-11-23-51(46)62-60(50)40-17-5-2-6-18-40/h1-37H. The molecule has 0 atom stereocenters. The van der Waals surface area contributed by atoms with Gasteiger partial charge in [-0.05, 0) is 89.0 Å². The van der Waals surface area contributed by atoms with Gasteiger partial charge < -0.3 is 9.13 Å². The lowest BCUT2D eigenvalue weighted by Crippen LogP contribution is -1.97. The predicted octanol–water partition coefficient (Wildman–Crippen LogP) is 17.0. The van der Waals surface area contributed by atoms with E-state index < -0.39 is 0 Å². The molecule has 10 aromatic carbocycles. The molecule has 4 aromatic heterocycles. The average molecular weight is 844 g/mol. The second kappa shape index (κ2) is 14.1. The molecule has 0 bridgehead atoms. The summed E-state index contributed by atoms with van der Waals surface area (Å²) >= 11 is 1.89. The molecule has 0 N–H and O–H groups in total. The van der Waals surface area contributed by atoms with Gasteiger partial charge in [0.2, 0.25) is 0 Å². The zero-order valence-corrected chi connectivity index (χ0v) is 35.9. The SMILES string of the molecule is c1ccc(-c2ccc(-n3c4ccccc4c4cc(-c5ccc6c(c5)c5ccccc5n6-c5cc6c(-c7ccccc7)nc7ccccc7c6c6c5sc5ccccc56)ccc43)cc2)cc1. The summed E-state index contributed by atoms with van der Waals surface area (Å²) < 4.78 is 7.47. The molecular formula is C61H37N3S. The third-order valence-electron chi connectivity index (χ3n) is 13.5. The second-order valence-electron chi connectivity index (χ2n) is 17.0. The smallest absolute Gasteiger partial charge is 0.0789 e. The van der Waals surface area contributed by atoms with Crippen molar-refractivity contribution in [2.75, 3.05) is 0 Å². The summed E-state index contributed by atoms with van der Waals surface area (Å²) in [6, 6.07) is 81.9. The molecule has 14 aromatic rings. The molecule has 0 spiro atoms. The maximum Gasteiger partial charge on any atom is 0.0789 e. The van der Waals surface area contributed by atoms with Crippen molar-refractivity contribution in [3.05, 3.63) is 224 Å². The summed E-state index contributed by atoms with van der Waals surface area (Å²) in [7, 11) is 0. The van der Waals surface area contributed by atoms with Crippen LogP contribution in [0.25, 0.3) is 130 Å². The molecule has 4 heterocycles. The van der Waals surface area contributed by atoms with Crippen LogP contribution in [0.15, 0.2) is 224 Å². The Morgan fingerprint density at radius 1 is 0.323 bits per heavy atom. The van der Waals surface area contributed by atoms with Gasteiger partial charge in [-0.15, -0.1) is 11.3 Å². The van der Waals surface area contributed by atoms with E-state index in [9.17, 15) is 0 Å². The van der Waals surface area contributed by atoms with Gasteiger partial charge in [-0.25, -0.2) is 4.98 Å². The number of rotatable bonds is 5. The Balaban J connectivity index is 0.986. The van der Waals surface area contributed by atoms with Crippen LogP contribution in [0.1, 0.15) is 0 Å². The van der Waals surface area contributed by atoms with Crippen LogP contribution >= 0.6 is 11.3 Å². The van der Waals surface area contributed by atoms with Crippen molar-refractivity contribution in [3.8, 4) is 44.9 Å². The molecule has 0 radical (unpaired) electrons. The first-order chi connectivity index (χ1) is 32.2. The summed E-state index contributed by atoms with van der Waals surface area (Å²) in [5.41, 5.74) is 15.0. The van der Waals surface area contributed by atoms with E-state index in [0.717, 1.165) is 27.8 Å². The van der Waals surface area contributed by atoms with Gasteiger partial charge in [-0.1, -0.05) is 158 Å². The summed E-state index contributed by atoms with van der Waals surface area (Å²) in [5.74, 6) is 0. The Kier molecular flexibility index (Phi) is 7.85. The number of pyridine rings is 1. The van der Waals surface area contributed by atoms with Crippen molar-refractivity contribution in [2.45, 2.75) is 0 Å². The molecule has 0 aliphatic carbocycles. The number of hydrogen-bond acceptors (Lipinski definition) is 2. The highest BCUT2D eigenvalue weighted by atomic mass is 32.1. The predicted molar refractivity (Wildman–Crippen MR) is 277 cm³/mol. The first-order valence-electron chi connectivity index (χ1n) is 22.2. The van der Waals surface area contributed by atoms with Gasteiger partial charge >= 0.3 is 0 Å². The second-order valence-corrected chi connectivity index (χ2v) is 18.1. The van der Waals surface area contributed by atoms with Gasteiger partial charge in [0.25, 0.3) is 0 Å². The van der Waals surface area contributed by atoms with Crippen LogP contribution in [0.2, 0.25) is 0 Å². The molecule has 65 heavy (non-hydrogen) atoms. The maximum absolute atomic E-state index is 5.40. The zero-order valence-electron chi connectivity index (χ0n) is 35.1. The molecule has 0 saturated carbocycles. The molecule has 0 fully saturated rings. The third kappa shape index (κ3) is 5.45. The third-order valence-corrected chi connectivity index (χ3v) is 14.7. The number of para-hydroxylation sites is 3. The van der Waals surface area contributed by atoms with Gasteiger partial charge in [0.1, 0.15) is 0 Å². The van der Waals surface area contributed by atoms with Crippen LogP contribution in [0.4, 0.5) is 0 Å². The quantitative estimate of drug-likeness (QED) is 0.158. The molecule has 3 nitrogen and oxygen atoms in total.